The minimum atomic E-state index is -1.03. The van der Waals surface area contributed by atoms with E-state index in [1.54, 1.807) is 4.90 Å². The zero-order valence-electron chi connectivity index (χ0n) is 9.17. The maximum Gasteiger partial charge on any atom is 0.337 e. The quantitative estimate of drug-likeness (QED) is 0.781. The van der Waals surface area contributed by atoms with Crippen molar-refractivity contribution >= 4 is 17.6 Å². The fourth-order valence-corrected chi connectivity index (χ4v) is 2.15. The summed E-state index contributed by atoms with van der Waals surface area (Å²) in [6.07, 6.45) is 4.36. The number of nitrogens with zero attached hydrogens (tertiary/aromatic N) is 2. The van der Waals surface area contributed by atoms with Crippen LogP contribution in [0.2, 0.25) is 0 Å². The van der Waals surface area contributed by atoms with Crippen molar-refractivity contribution in [3.63, 3.8) is 0 Å². The van der Waals surface area contributed by atoms with Crippen LogP contribution in [0, 0.1) is 0 Å². The van der Waals surface area contributed by atoms with E-state index in [2.05, 4.69) is 4.98 Å². The number of aromatic nitrogens is 1. The molecular formula is C11H13N3O3. The maximum absolute atomic E-state index is 11.3. The van der Waals surface area contributed by atoms with E-state index < -0.39 is 17.9 Å². The summed E-state index contributed by atoms with van der Waals surface area (Å²) in [6, 6.07) is 0.992. The largest absolute Gasteiger partial charge is 0.478 e. The molecule has 1 aliphatic rings. The Balaban J connectivity index is 2.39. The number of rotatable bonds is 3. The molecule has 1 unspecified atom stereocenters. The molecule has 0 saturated carbocycles. The monoisotopic (exact) mass is 235 g/mol. The number of carboxylic acids is 1. The van der Waals surface area contributed by atoms with Gasteiger partial charge in [0.1, 0.15) is 6.04 Å². The Bertz CT molecular complexity index is 461. The van der Waals surface area contributed by atoms with Gasteiger partial charge in [-0.2, -0.15) is 0 Å². The number of amides is 1. The number of carbonyl (C=O) groups excluding carboxylic acids is 1. The maximum atomic E-state index is 11.3. The van der Waals surface area contributed by atoms with Gasteiger partial charge in [0.2, 0.25) is 5.91 Å². The Morgan fingerprint density at radius 3 is 2.94 bits per heavy atom. The van der Waals surface area contributed by atoms with Crippen LogP contribution in [0.15, 0.2) is 18.5 Å². The lowest BCUT2D eigenvalue weighted by Gasteiger charge is -2.25. The van der Waals surface area contributed by atoms with Crippen molar-refractivity contribution < 1.29 is 14.7 Å². The van der Waals surface area contributed by atoms with Gasteiger partial charge in [-0.1, -0.05) is 0 Å². The number of anilines is 1. The van der Waals surface area contributed by atoms with Gasteiger partial charge in [0.25, 0.3) is 0 Å². The predicted octanol–water partition coefficient (Wildman–Crippen LogP) is 0.234. The Kier molecular flexibility index (Phi) is 2.95. The minimum absolute atomic E-state index is 0.146. The van der Waals surface area contributed by atoms with Gasteiger partial charge in [0.05, 0.1) is 17.4 Å². The second kappa shape index (κ2) is 4.40. The molecule has 6 nitrogen and oxygen atoms in total. The number of hydrogen-bond acceptors (Lipinski definition) is 4. The molecule has 0 aliphatic carbocycles. The third-order valence-corrected chi connectivity index (χ3v) is 2.92. The Hall–Kier alpha value is -2.11. The second-order valence-electron chi connectivity index (χ2n) is 3.95. The first-order valence-electron chi connectivity index (χ1n) is 5.34. The standard InChI is InChI=1S/C11H13N3O3/c12-10(15)8-2-1-5-14(8)9-6-13-4-3-7(9)11(16)17/h3-4,6,8H,1-2,5H2,(H2,12,15)(H,16,17). The lowest BCUT2D eigenvalue weighted by atomic mass is 10.1. The fraction of sp³-hybridized carbons (Fsp3) is 0.364. The lowest BCUT2D eigenvalue weighted by molar-refractivity contribution is -0.119. The molecule has 17 heavy (non-hydrogen) atoms. The number of primary amides is 1. The van der Waals surface area contributed by atoms with Gasteiger partial charge in [0, 0.05) is 12.7 Å². The molecule has 2 heterocycles. The van der Waals surface area contributed by atoms with Crippen molar-refractivity contribution in [3.05, 3.63) is 24.0 Å². The van der Waals surface area contributed by atoms with Gasteiger partial charge in [-0.25, -0.2) is 4.79 Å². The van der Waals surface area contributed by atoms with E-state index in [-0.39, 0.29) is 5.56 Å². The Morgan fingerprint density at radius 1 is 1.53 bits per heavy atom. The summed E-state index contributed by atoms with van der Waals surface area (Å²) in [5.41, 5.74) is 5.91. The minimum Gasteiger partial charge on any atom is -0.478 e. The summed E-state index contributed by atoms with van der Waals surface area (Å²) in [6.45, 7) is 0.625. The third kappa shape index (κ3) is 2.06. The summed E-state index contributed by atoms with van der Waals surface area (Å²) in [7, 11) is 0. The van der Waals surface area contributed by atoms with Crippen LogP contribution in [0.1, 0.15) is 23.2 Å². The van der Waals surface area contributed by atoms with E-state index in [9.17, 15) is 9.59 Å². The summed E-state index contributed by atoms with van der Waals surface area (Å²) >= 11 is 0. The van der Waals surface area contributed by atoms with Crippen LogP contribution in [0.3, 0.4) is 0 Å². The number of nitrogens with two attached hydrogens (primary N) is 1. The van der Waals surface area contributed by atoms with Crippen molar-refractivity contribution in [3.8, 4) is 0 Å². The smallest absolute Gasteiger partial charge is 0.337 e. The highest BCUT2D eigenvalue weighted by molar-refractivity contribution is 5.95. The molecule has 1 aromatic heterocycles. The topological polar surface area (TPSA) is 96.5 Å². The Morgan fingerprint density at radius 2 is 2.29 bits per heavy atom. The van der Waals surface area contributed by atoms with Gasteiger partial charge in [-0.15, -0.1) is 0 Å². The molecule has 1 aromatic rings. The van der Waals surface area contributed by atoms with Gasteiger partial charge in [-0.05, 0) is 18.9 Å². The zero-order valence-corrected chi connectivity index (χ0v) is 9.17. The van der Waals surface area contributed by atoms with E-state index in [1.165, 1.54) is 18.5 Å². The van der Waals surface area contributed by atoms with Gasteiger partial charge in [-0.3, -0.25) is 9.78 Å². The van der Waals surface area contributed by atoms with E-state index >= 15 is 0 Å². The molecule has 1 fully saturated rings. The average Bonchev–Trinajstić information content (AvgIpc) is 2.77. The van der Waals surface area contributed by atoms with Crippen molar-refractivity contribution in [2.45, 2.75) is 18.9 Å². The zero-order chi connectivity index (χ0) is 12.4. The number of aromatic carboxylic acids is 1. The van der Waals surface area contributed by atoms with Crippen LogP contribution in [0.5, 0.6) is 0 Å². The van der Waals surface area contributed by atoms with E-state index in [0.717, 1.165) is 6.42 Å². The molecule has 3 N–H and O–H groups in total. The van der Waals surface area contributed by atoms with Crippen molar-refractivity contribution in [2.24, 2.45) is 5.73 Å². The van der Waals surface area contributed by atoms with Crippen LogP contribution < -0.4 is 10.6 Å². The first-order valence-corrected chi connectivity index (χ1v) is 5.34. The lowest BCUT2D eigenvalue weighted by Crippen LogP contribution is -2.41. The van der Waals surface area contributed by atoms with Crippen molar-refractivity contribution in [2.75, 3.05) is 11.4 Å². The van der Waals surface area contributed by atoms with E-state index in [0.29, 0.717) is 18.7 Å². The molecule has 0 bridgehead atoms. The normalized spacial score (nSPS) is 19.3. The molecule has 0 aromatic carbocycles. The van der Waals surface area contributed by atoms with E-state index in [4.69, 9.17) is 10.8 Å². The Labute approximate surface area is 98.1 Å². The van der Waals surface area contributed by atoms with Crippen LogP contribution in [-0.2, 0) is 4.79 Å². The third-order valence-electron chi connectivity index (χ3n) is 2.92. The molecule has 1 atom stereocenters. The van der Waals surface area contributed by atoms with E-state index in [1.807, 2.05) is 0 Å². The number of carbonyl (C=O) groups is 2. The van der Waals surface area contributed by atoms with Crippen LogP contribution in [0.4, 0.5) is 5.69 Å². The van der Waals surface area contributed by atoms with Gasteiger partial charge >= 0.3 is 5.97 Å². The number of pyridine rings is 1. The van der Waals surface area contributed by atoms with Crippen LogP contribution in [-0.4, -0.2) is 34.6 Å². The molecule has 1 aliphatic heterocycles. The average molecular weight is 235 g/mol. The SMILES string of the molecule is NC(=O)C1CCCN1c1cnccc1C(=O)O. The highest BCUT2D eigenvalue weighted by atomic mass is 16.4. The molecule has 1 amide bonds. The molecule has 0 spiro atoms. The van der Waals surface area contributed by atoms with Crippen molar-refractivity contribution in [1.82, 2.24) is 4.98 Å². The molecule has 1 saturated heterocycles. The summed E-state index contributed by atoms with van der Waals surface area (Å²) in [4.78, 5) is 28.0. The van der Waals surface area contributed by atoms with Crippen molar-refractivity contribution in [1.29, 1.82) is 0 Å². The summed E-state index contributed by atoms with van der Waals surface area (Å²) in [5, 5.41) is 9.08. The molecule has 6 heteroatoms. The highest BCUT2D eigenvalue weighted by Gasteiger charge is 2.31. The highest BCUT2D eigenvalue weighted by Crippen LogP contribution is 2.27. The van der Waals surface area contributed by atoms with Crippen LogP contribution >= 0.6 is 0 Å². The second-order valence-corrected chi connectivity index (χ2v) is 3.95. The molecule has 90 valence electrons. The summed E-state index contributed by atoms with van der Waals surface area (Å²) < 4.78 is 0. The molecule has 0 radical (unpaired) electrons. The van der Waals surface area contributed by atoms with Gasteiger partial charge in [0.15, 0.2) is 0 Å². The first kappa shape index (κ1) is 11.4. The van der Waals surface area contributed by atoms with Crippen LogP contribution in [0.25, 0.3) is 0 Å². The number of carboxylic acid groups (broad SMARTS) is 1. The predicted molar refractivity (Wildman–Crippen MR) is 60.8 cm³/mol. The fourth-order valence-electron chi connectivity index (χ4n) is 2.15. The molecule has 2 rings (SSSR count). The first-order chi connectivity index (χ1) is 8.11. The number of hydrogen-bond donors (Lipinski definition) is 2. The summed E-state index contributed by atoms with van der Waals surface area (Å²) in [5.74, 6) is -1.46. The van der Waals surface area contributed by atoms with Gasteiger partial charge < -0.3 is 15.7 Å². The molecular weight excluding hydrogens is 222 g/mol.